The summed E-state index contributed by atoms with van der Waals surface area (Å²) in [5, 5.41) is 12.0. The van der Waals surface area contributed by atoms with Gasteiger partial charge in [0.2, 0.25) is 0 Å². The van der Waals surface area contributed by atoms with Crippen molar-refractivity contribution in [3.63, 3.8) is 0 Å². The summed E-state index contributed by atoms with van der Waals surface area (Å²) in [5.41, 5.74) is 0. The van der Waals surface area contributed by atoms with Gasteiger partial charge >= 0.3 is 12.0 Å². The SMILES string of the molecule is CC(C)CC(CNC(=O)N(C)C1CCN(C)CC1)C(=O)O. The largest absolute Gasteiger partial charge is 0.481 e. The standard InChI is InChI=1S/C15H29N3O3/c1-11(2)9-12(14(19)20)10-16-15(21)18(4)13-5-7-17(3)8-6-13/h11-13H,5-10H2,1-4H3,(H,16,21)(H,19,20). The maximum Gasteiger partial charge on any atom is 0.317 e. The Bertz CT molecular complexity index is 352. The van der Waals surface area contributed by atoms with E-state index in [0.29, 0.717) is 12.3 Å². The summed E-state index contributed by atoms with van der Waals surface area (Å²) >= 11 is 0. The fourth-order valence-electron chi connectivity index (χ4n) is 2.72. The quantitative estimate of drug-likeness (QED) is 0.779. The first-order valence-electron chi connectivity index (χ1n) is 7.73. The number of carboxylic acid groups (broad SMARTS) is 1. The topological polar surface area (TPSA) is 72.9 Å². The molecule has 1 fully saturated rings. The van der Waals surface area contributed by atoms with E-state index < -0.39 is 11.9 Å². The first kappa shape index (κ1) is 17.8. The molecule has 0 bridgehead atoms. The minimum Gasteiger partial charge on any atom is -0.481 e. The van der Waals surface area contributed by atoms with E-state index in [-0.39, 0.29) is 18.6 Å². The normalized spacial score (nSPS) is 18.5. The van der Waals surface area contributed by atoms with E-state index >= 15 is 0 Å². The number of amides is 2. The number of carbonyl (C=O) groups excluding carboxylic acids is 1. The Kier molecular flexibility index (Phi) is 6.95. The molecular weight excluding hydrogens is 270 g/mol. The summed E-state index contributed by atoms with van der Waals surface area (Å²) in [4.78, 5) is 27.3. The summed E-state index contributed by atoms with van der Waals surface area (Å²) in [7, 11) is 3.88. The fourth-order valence-corrected chi connectivity index (χ4v) is 2.72. The molecule has 1 atom stereocenters. The molecule has 0 radical (unpaired) electrons. The molecule has 2 amide bonds. The molecule has 122 valence electrons. The van der Waals surface area contributed by atoms with Gasteiger partial charge in [0, 0.05) is 19.6 Å². The smallest absolute Gasteiger partial charge is 0.317 e. The highest BCUT2D eigenvalue weighted by atomic mass is 16.4. The highest BCUT2D eigenvalue weighted by Crippen LogP contribution is 2.15. The number of hydrogen-bond acceptors (Lipinski definition) is 3. The third-order valence-corrected chi connectivity index (χ3v) is 4.16. The molecule has 6 heteroatoms. The van der Waals surface area contributed by atoms with Crippen molar-refractivity contribution in [1.82, 2.24) is 15.1 Å². The van der Waals surface area contributed by atoms with Crippen molar-refractivity contribution < 1.29 is 14.7 Å². The van der Waals surface area contributed by atoms with Crippen LogP contribution in [0.25, 0.3) is 0 Å². The van der Waals surface area contributed by atoms with Crippen molar-refractivity contribution in [2.24, 2.45) is 11.8 Å². The molecule has 0 saturated carbocycles. The van der Waals surface area contributed by atoms with Crippen LogP contribution < -0.4 is 5.32 Å². The molecule has 0 aromatic heterocycles. The lowest BCUT2D eigenvalue weighted by molar-refractivity contribution is -0.142. The predicted octanol–water partition coefficient (Wildman–Crippen LogP) is 1.47. The van der Waals surface area contributed by atoms with E-state index in [9.17, 15) is 14.7 Å². The van der Waals surface area contributed by atoms with Gasteiger partial charge < -0.3 is 20.2 Å². The van der Waals surface area contributed by atoms with Crippen LogP contribution in [0.3, 0.4) is 0 Å². The van der Waals surface area contributed by atoms with Crippen LogP contribution in [0, 0.1) is 11.8 Å². The van der Waals surface area contributed by atoms with Crippen molar-refractivity contribution in [2.45, 2.75) is 39.2 Å². The fraction of sp³-hybridized carbons (Fsp3) is 0.867. The summed E-state index contributed by atoms with van der Waals surface area (Å²) in [5.74, 6) is -1.06. The second-order valence-electron chi connectivity index (χ2n) is 6.50. The van der Waals surface area contributed by atoms with Gasteiger partial charge in [-0.05, 0) is 45.3 Å². The number of hydrogen-bond donors (Lipinski definition) is 2. The van der Waals surface area contributed by atoms with Gasteiger partial charge in [0.25, 0.3) is 0 Å². The Labute approximate surface area is 127 Å². The first-order valence-corrected chi connectivity index (χ1v) is 7.73. The van der Waals surface area contributed by atoms with Crippen LogP contribution in [0.15, 0.2) is 0 Å². The Balaban J connectivity index is 2.42. The van der Waals surface area contributed by atoms with Gasteiger partial charge in [-0.15, -0.1) is 0 Å². The summed E-state index contributed by atoms with van der Waals surface area (Å²) < 4.78 is 0. The van der Waals surface area contributed by atoms with E-state index in [0.717, 1.165) is 25.9 Å². The lowest BCUT2D eigenvalue weighted by Crippen LogP contribution is -2.49. The van der Waals surface area contributed by atoms with Crippen LogP contribution in [0.2, 0.25) is 0 Å². The maximum atomic E-state index is 12.1. The van der Waals surface area contributed by atoms with E-state index in [4.69, 9.17) is 0 Å². The molecule has 0 aliphatic carbocycles. The molecule has 1 aliphatic heterocycles. The summed E-state index contributed by atoms with van der Waals surface area (Å²) in [6.45, 7) is 6.16. The number of rotatable bonds is 6. The third-order valence-electron chi connectivity index (χ3n) is 4.16. The minimum atomic E-state index is -0.842. The highest BCUT2D eigenvalue weighted by Gasteiger charge is 2.25. The Morgan fingerprint density at radius 3 is 2.38 bits per heavy atom. The summed E-state index contributed by atoms with van der Waals surface area (Å²) in [6.07, 6.45) is 2.51. The van der Waals surface area contributed by atoms with Gasteiger partial charge in [0.05, 0.1) is 5.92 Å². The molecule has 0 spiro atoms. The van der Waals surface area contributed by atoms with E-state index in [2.05, 4.69) is 17.3 Å². The summed E-state index contributed by atoms with van der Waals surface area (Å²) in [6, 6.07) is 0.0779. The number of aliphatic carboxylic acids is 1. The zero-order valence-corrected chi connectivity index (χ0v) is 13.6. The molecule has 1 saturated heterocycles. The molecule has 0 aromatic carbocycles. The van der Waals surface area contributed by atoms with Crippen molar-refractivity contribution >= 4 is 12.0 Å². The number of nitrogens with zero attached hydrogens (tertiary/aromatic N) is 2. The molecule has 1 unspecified atom stereocenters. The van der Waals surface area contributed by atoms with Gasteiger partial charge in [-0.25, -0.2) is 4.79 Å². The zero-order chi connectivity index (χ0) is 16.0. The second kappa shape index (κ2) is 8.22. The first-order chi connectivity index (χ1) is 9.81. The number of nitrogens with one attached hydrogen (secondary N) is 1. The highest BCUT2D eigenvalue weighted by molar-refractivity contribution is 5.76. The van der Waals surface area contributed by atoms with Crippen LogP contribution in [-0.4, -0.2) is 66.7 Å². The molecular formula is C15H29N3O3. The Hall–Kier alpha value is -1.30. The molecule has 1 aliphatic rings. The average Bonchev–Trinajstić information content (AvgIpc) is 2.42. The number of carbonyl (C=O) groups is 2. The van der Waals surface area contributed by atoms with Crippen molar-refractivity contribution in [1.29, 1.82) is 0 Å². The number of likely N-dealkylation sites (tertiary alicyclic amines) is 1. The van der Waals surface area contributed by atoms with Crippen molar-refractivity contribution in [3.8, 4) is 0 Å². The van der Waals surface area contributed by atoms with Gasteiger partial charge in [-0.2, -0.15) is 0 Å². The predicted molar refractivity (Wildman–Crippen MR) is 82.3 cm³/mol. The lowest BCUT2D eigenvalue weighted by Gasteiger charge is -2.35. The van der Waals surface area contributed by atoms with E-state index in [1.807, 2.05) is 13.8 Å². The molecule has 6 nitrogen and oxygen atoms in total. The Morgan fingerprint density at radius 1 is 1.33 bits per heavy atom. The zero-order valence-electron chi connectivity index (χ0n) is 13.6. The van der Waals surface area contributed by atoms with Crippen LogP contribution in [-0.2, 0) is 4.79 Å². The molecule has 21 heavy (non-hydrogen) atoms. The Morgan fingerprint density at radius 2 is 1.90 bits per heavy atom. The minimum absolute atomic E-state index is 0.167. The number of carboxylic acids is 1. The number of urea groups is 1. The molecule has 2 N–H and O–H groups in total. The molecule has 0 aromatic rings. The van der Waals surface area contributed by atoms with Gasteiger partial charge in [0.1, 0.15) is 0 Å². The maximum absolute atomic E-state index is 12.1. The second-order valence-corrected chi connectivity index (χ2v) is 6.50. The van der Waals surface area contributed by atoms with Crippen molar-refractivity contribution in [3.05, 3.63) is 0 Å². The van der Waals surface area contributed by atoms with Crippen molar-refractivity contribution in [2.75, 3.05) is 33.7 Å². The van der Waals surface area contributed by atoms with Gasteiger partial charge in [-0.1, -0.05) is 13.8 Å². The van der Waals surface area contributed by atoms with E-state index in [1.165, 1.54) is 0 Å². The molecule has 1 heterocycles. The lowest BCUT2D eigenvalue weighted by atomic mass is 9.97. The monoisotopic (exact) mass is 299 g/mol. The van der Waals surface area contributed by atoms with Crippen LogP contribution in [0.5, 0.6) is 0 Å². The van der Waals surface area contributed by atoms with Crippen LogP contribution in [0.1, 0.15) is 33.1 Å². The van der Waals surface area contributed by atoms with E-state index in [1.54, 1.807) is 11.9 Å². The van der Waals surface area contributed by atoms with Crippen LogP contribution in [0.4, 0.5) is 4.79 Å². The average molecular weight is 299 g/mol. The number of piperidine rings is 1. The van der Waals surface area contributed by atoms with Crippen LogP contribution >= 0.6 is 0 Å². The van der Waals surface area contributed by atoms with Gasteiger partial charge in [-0.3, -0.25) is 4.79 Å². The van der Waals surface area contributed by atoms with Gasteiger partial charge in [0.15, 0.2) is 0 Å². The third kappa shape index (κ3) is 5.91. The molecule has 1 rings (SSSR count).